The van der Waals surface area contributed by atoms with E-state index in [0.29, 0.717) is 6.54 Å². The lowest BCUT2D eigenvalue weighted by Gasteiger charge is -2.18. The Morgan fingerprint density at radius 2 is 2.29 bits per heavy atom. The van der Waals surface area contributed by atoms with Gasteiger partial charge >= 0.3 is 0 Å². The molecule has 0 radical (unpaired) electrons. The van der Waals surface area contributed by atoms with E-state index in [0.717, 1.165) is 42.1 Å². The normalized spacial score (nSPS) is 25.4. The molecule has 1 aromatic heterocycles. The molecular formula is C11H14N6. The Balaban J connectivity index is 1.78. The van der Waals surface area contributed by atoms with Gasteiger partial charge in [0.05, 0.1) is 6.54 Å². The summed E-state index contributed by atoms with van der Waals surface area (Å²) >= 11 is 0. The molecule has 2 heterocycles. The highest BCUT2D eigenvalue weighted by Gasteiger charge is 2.45. The fourth-order valence-electron chi connectivity index (χ4n) is 2.46. The largest absolute Gasteiger partial charge is 0.340 e. The third-order valence-electron chi connectivity index (χ3n) is 3.63. The number of piperidine rings is 1. The quantitative estimate of drug-likeness (QED) is 0.453. The summed E-state index contributed by atoms with van der Waals surface area (Å²) in [5.41, 5.74) is 10.1. The predicted octanol–water partition coefficient (Wildman–Crippen LogP) is 2.05. The van der Waals surface area contributed by atoms with Gasteiger partial charge in [0.25, 0.3) is 0 Å². The van der Waals surface area contributed by atoms with Crippen molar-refractivity contribution in [2.75, 3.05) is 18.0 Å². The van der Waals surface area contributed by atoms with Gasteiger partial charge < -0.3 is 4.90 Å². The van der Waals surface area contributed by atoms with E-state index in [9.17, 15) is 0 Å². The second kappa shape index (κ2) is 3.89. The summed E-state index contributed by atoms with van der Waals surface area (Å²) in [6.07, 6.45) is 3.15. The maximum Gasteiger partial charge on any atom is 0.225 e. The van der Waals surface area contributed by atoms with E-state index >= 15 is 0 Å². The van der Waals surface area contributed by atoms with Crippen LogP contribution in [0, 0.1) is 18.8 Å². The van der Waals surface area contributed by atoms with Gasteiger partial charge in [-0.25, -0.2) is 9.97 Å². The van der Waals surface area contributed by atoms with Gasteiger partial charge in [0.2, 0.25) is 5.95 Å². The molecule has 17 heavy (non-hydrogen) atoms. The Hall–Kier alpha value is -1.81. The highest BCUT2D eigenvalue weighted by molar-refractivity contribution is 5.36. The van der Waals surface area contributed by atoms with Crippen molar-refractivity contribution in [3.63, 3.8) is 0 Å². The van der Waals surface area contributed by atoms with E-state index in [1.54, 1.807) is 6.20 Å². The summed E-state index contributed by atoms with van der Waals surface area (Å²) in [5.74, 6) is 2.57. The monoisotopic (exact) mass is 230 g/mol. The van der Waals surface area contributed by atoms with Gasteiger partial charge in [-0.3, -0.25) is 0 Å². The predicted molar refractivity (Wildman–Crippen MR) is 63.4 cm³/mol. The first-order valence-electron chi connectivity index (χ1n) is 5.86. The van der Waals surface area contributed by atoms with Gasteiger partial charge in [-0.15, -0.1) is 0 Å². The maximum atomic E-state index is 8.29. The molecule has 6 heteroatoms. The number of aromatic nitrogens is 2. The van der Waals surface area contributed by atoms with Crippen molar-refractivity contribution in [1.82, 2.24) is 9.97 Å². The zero-order valence-corrected chi connectivity index (χ0v) is 9.74. The first-order valence-corrected chi connectivity index (χ1v) is 5.86. The summed E-state index contributed by atoms with van der Waals surface area (Å²) in [5, 5.41) is 3.54. The average molecular weight is 230 g/mol. The van der Waals surface area contributed by atoms with Gasteiger partial charge in [0.15, 0.2) is 0 Å². The smallest absolute Gasteiger partial charge is 0.225 e. The molecule has 0 amide bonds. The SMILES string of the molecule is Cc1nc(N2CC3CC3C2)ncc1CN=[N+]=[N-]. The molecule has 2 unspecified atom stereocenters. The fourth-order valence-corrected chi connectivity index (χ4v) is 2.46. The molecule has 1 aliphatic heterocycles. The molecule has 1 aromatic rings. The van der Waals surface area contributed by atoms with Gasteiger partial charge in [-0.2, -0.15) is 0 Å². The molecule has 2 atom stereocenters. The highest BCUT2D eigenvalue weighted by Crippen LogP contribution is 2.45. The zero-order chi connectivity index (χ0) is 11.8. The van der Waals surface area contributed by atoms with Gasteiger partial charge in [-0.1, -0.05) is 5.11 Å². The molecule has 6 nitrogen and oxygen atoms in total. The van der Waals surface area contributed by atoms with Crippen LogP contribution in [0.25, 0.3) is 10.4 Å². The van der Waals surface area contributed by atoms with E-state index in [-0.39, 0.29) is 0 Å². The summed E-state index contributed by atoms with van der Waals surface area (Å²) in [7, 11) is 0. The second-order valence-electron chi connectivity index (χ2n) is 4.83. The number of aryl methyl sites for hydroxylation is 1. The van der Waals surface area contributed by atoms with Crippen LogP contribution in [0.5, 0.6) is 0 Å². The van der Waals surface area contributed by atoms with Crippen LogP contribution in [0.1, 0.15) is 17.7 Å². The third-order valence-corrected chi connectivity index (χ3v) is 3.63. The van der Waals surface area contributed by atoms with Crippen LogP contribution < -0.4 is 4.90 Å². The number of hydrogen-bond acceptors (Lipinski definition) is 4. The van der Waals surface area contributed by atoms with Crippen molar-refractivity contribution in [2.45, 2.75) is 19.9 Å². The van der Waals surface area contributed by atoms with Crippen LogP contribution in [0.15, 0.2) is 11.3 Å². The molecule has 0 spiro atoms. The summed E-state index contributed by atoms with van der Waals surface area (Å²) in [6, 6.07) is 0. The summed E-state index contributed by atoms with van der Waals surface area (Å²) in [6.45, 7) is 4.46. The van der Waals surface area contributed by atoms with Crippen LogP contribution in [-0.2, 0) is 6.54 Å². The molecule has 0 N–H and O–H groups in total. The van der Waals surface area contributed by atoms with Crippen molar-refractivity contribution < 1.29 is 0 Å². The maximum absolute atomic E-state index is 8.29. The molecule has 2 fully saturated rings. The molecular weight excluding hydrogens is 216 g/mol. The average Bonchev–Trinajstić information content (AvgIpc) is 2.95. The van der Waals surface area contributed by atoms with Crippen molar-refractivity contribution in [3.05, 3.63) is 27.9 Å². The van der Waals surface area contributed by atoms with Gasteiger partial charge in [0.1, 0.15) is 0 Å². The number of hydrogen-bond donors (Lipinski definition) is 0. The summed E-state index contributed by atoms with van der Waals surface area (Å²) in [4.78, 5) is 13.9. The molecule has 1 aliphatic carbocycles. The van der Waals surface area contributed by atoms with Crippen LogP contribution in [0.3, 0.4) is 0 Å². The topological polar surface area (TPSA) is 77.8 Å². The molecule has 1 saturated heterocycles. The van der Waals surface area contributed by atoms with E-state index in [4.69, 9.17) is 5.53 Å². The van der Waals surface area contributed by atoms with Gasteiger partial charge in [-0.05, 0) is 36.3 Å². The second-order valence-corrected chi connectivity index (χ2v) is 4.83. The van der Waals surface area contributed by atoms with E-state index in [1.807, 2.05) is 6.92 Å². The minimum atomic E-state index is 0.327. The van der Waals surface area contributed by atoms with Crippen LogP contribution in [-0.4, -0.2) is 23.1 Å². The molecule has 0 aromatic carbocycles. The van der Waals surface area contributed by atoms with E-state index < -0.39 is 0 Å². The van der Waals surface area contributed by atoms with Crippen molar-refractivity contribution in [1.29, 1.82) is 0 Å². The lowest BCUT2D eigenvalue weighted by Crippen LogP contribution is -2.24. The highest BCUT2D eigenvalue weighted by atomic mass is 15.3. The lowest BCUT2D eigenvalue weighted by atomic mass is 10.2. The number of anilines is 1. The van der Waals surface area contributed by atoms with E-state index in [1.165, 1.54) is 6.42 Å². The van der Waals surface area contributed by atoms with Crippen molar-refractivity contribution >= 4 is 5.95 Å². The molecule has 3 rings (SSSR count). The Morgan fingerprint density at radius 3 is 2.94 bits per heavy atom. The van der Waals surface area contributed by atoms with Crippen molar-refractivity contribution in [2.24, 2.45) is 17.0 Å². The number of fused-ring (bicyclic) bond motifs is 1. The van der Waals surface area contributed by atoms with Gasteiger partial charge in [0, 0.05) is 29.9 Å². The standard InChI is InChI=1S/C11H14N6/c1-7-10(4-14-16-12)3-13-11(15-7)17-5-8-2-9(8)6-17/h3,8-9H,2,4-6H2,1H3. The van der Waals surface area contributed by atoms with Crippen molar-refractivity contribution in [3.8, 4) is 0 Å². The lowest BCUT2D eigenvalue weighted by molar-refractivity contribution is 0.779. The first kappa shape index (κ1) is 10.4. The van der Waals surface area contributed by atoms with Crippen LogP contribution in [0.4, 0.5) is 5.95 Å². The summed E-state index contributed by atoms with van der Waals surface area (Å²) < 4.78 is 0. The minimum Gasteiger partial charge on any atom is -0.340 e. The Bertz CT molecular complexity index is 483. The molecule has 1 saturated carbocycles. The Kier molecular flexibility index (Phi) is 2.37. The third kappa shape index (κ3) is 1.91. The van der Waals surface area contributed by atoms with Crippen LogP contribution in [0.2, 0.25) is 0 Å². The molecule has 2 aliphatic rings. The van der Waals surface area contributed by atoms with E-state index in [2.05, 4.69) is 24.9 Å². The number of nitrogens with zero attached hydrogens (tertiary/aromatic N) is 6. The Labute approximate surface area is 99.3 Å². The Morgan fingerprint density at radius 1 is 1.53 bits per heavy atom. The fraction of sp³-hybridized carbons (Fsp3) is 0.636. The zero-order valence-electron chi connectivity index (χ0n) is 9.74. The molecule has 0 bridgehead atoms. The number of rotatable bonds is 3. The minimum absolute atomic E-state index is 0.327. The first-order chi connectivity index (χ1) is 8.28. The van der Waals surface area contributed by atoms with Crippen LogP contribution >= 0.6 is 0 Å². The molecule has 88 valence electrons. The number of azide groups is 1.